The summed E-state index contributed by atoms with van der Waals surface area (Å²) in [5.41, 5.74) is 1.33. The van der Waals surface area contributed by atoms with Crippen molar-refractivity contribution in [1.29, 1.82) is 0 Å². The van der Waals surface area contributed by atoms with E-state index in [-0.39, 0.29) is 0 Å². The molecule has 1 aromatic heterocycles. The number of benzene rings is 1. The Kier molecular flexibility index (Phi) is 4.54. The molecule has 23 heavy (non-hydrogen) atoms. The van der Waals surface area contributed by atoms with E-state index in [1.165, 1.54) is 7.11 Å². The Morgan fingerprint density at radius 1 is 1.26 bits per heavy atom. The first kappa shape index (κ1) is 15.8. The van der Waals surface area contributed by atoms with Crippen LogP contribution in [0.3, 0.4) is 0 Å². The van der Waals surface area contributed by atoms with Gasteiger partial charge in [-0.25, -0.2) is 9.78 Å². The first-order valence-electron chi connectivity index (χ1n) is 7.35. The fourth-order valence-electron chi connectivity index (χ4n) is 2.66. The van der Waals surface area contributed by atoms with Gasteiger partial charge < -0.3 is 18.9 Å². The lowest BCUT2D eigenvalue weighted by atomic mass is 10.2. The maximum absolute atomic E-state index is 12.2. The number of anilines is 1. The van der Waals surface area contributed by atoms with Gasteiger partial charge in [-0.2, -0.15) is 0 Å². The minimum Gasteiger partial charge on any atom is -0.464 e. The number of rotatable bonds is 3. The minimum absolute atomic E-state index is 0.401. The number of carbonyl (C=O) groups excluding carboxylic acids is 1. The van der Waals surface area contributed by atoms with Crippen molar-refractivity contribution in [3.8, 4) is 11.4 Å². The lowest BCUT2D eigenvalue weighted by molar-refractivity contribution is 0.0589. The molecule has 0 aliphatic carbocycles. The normalized spacial score (nSPS) is 14.8. The largest absolute Gasteiger partial charge is 0.464 e. The van der Waals surface area contributed by atoms with Gasteiger partial charge in [0, 0.05) is 30.7 Å². The number of methoxy groups -OCH3 is 1. The molecule has 6 nitrogen and oxygen atoms in total. The van der Waals surface area contributed by atoms with Gasteiger partial charge in [0.25, 0.3) is 0 Å². The molecular formula is C16H18ClN3O3. The third-order valence-electron chi connectivity index (χ3n) is 3.87. The monoisotopic (exact) mass is 335 g/mol. The van der Waals surface area contributed by atoms with Crippen molar-refractivity contribution in [2.75, 3.05) is 38.3 Å². The SMILES string of the molecule is COC(=O)c1c(N2CCOCC2)nc(-c2ccc(Cl)cc2)n1C. The predicted octanol–water partition coefficient (Wildman–Crippen LogP) is 2.36. The molecule has 7 heteroatoms. The van der Waals surface area contributed by atoms with Crippen molar-refractivity contribution >= 4 is 23.4 Å². The zero-order valence-electron chi connectivity index (χ0n) is 13.1. The van der Waals surface area contributed by atoms with E-state index in [9.17, 15) is 4.79 Å². The van der Waals surface area contributed by atoms with Crippen LogP contribution < -0.4 is 4.90 Å². The number of morpholine rings is 1. The quantitative estimate of drug-likeness (QED) is 0.806. The number of esters is 1. The maximum atomic E-state index is 12.2. The molecule has 0 amide bonds. The minimum atomic E-state index is -0.401. The highest BCUT2D eigenvalue weighted by molar-refractivity contribution is 6.30. The number of nitrogens with zero attached hydrogens (tertiary/aromatic N) is 3. The van der Waals surface area contributed by atoms with Gasteiger partial charge in [0.1, 0.15) is 5.82 Å². The molecule has 0 radical (unpaired) electrons. The topological polar surface area (TPSA) is 56.6 Å². The highest BCUT2D eigenvalue weighted by Crippen LogP contribution is 2.29. The van der Waals surface area contributed by atoms with Gasteiger partial charge in [0.15, 0.2) is 11.5 Å². The zero-order chi connectivity index (χ0) is 16.4. The van der Waals surface area contributed by atoms with E-state index in [2.05, 4.69) is 4.90 Å². The number of halogens is 1. The summed E-state index contributed by atoms with van der Waals surface area (Å²) in [6, 6.07) is 7.37. The zero-order valence-corrected chi connectivity index (χ0v) is 13.8. The Morgan fingerprint density at radius 3 is 2.52 bits per heavy atom. The van der Waals surface area contributed by atoms with E-state index in [0.29, 0.717) is 48.7 Å². The average Bonchev–Trinajstić information content (AvgIpc) is 2.93. The summed E-state index contributed by atoms with van der Waals surface area (Å²) < 4.78 is 12.1. The highest BCUT2D eigenvalue weighted by atomic mass is 35.5. The molecule has 122 valence electrons. The van der Waals surface area contributed by atoms with Gasteiger partial charge in [0.05, 0.1) is 20.3 Å². The summed E-state index contributed by atoms with van der Waals surface area (Å²) in [5.74, 6) is 0.929. The molecule has 0 N–H and O–H groups in total. The molecule has 1 aliphatic heterocycles. The predicted molar refractivity (Wildman–Crippen MR) is 88.0 cm³/mol. The first-order chi connectivity index (χ1) is 11.1. The van der Waals surface area contributed by atoms with Crippen molar-refractivity contribution in [3.05, 3.63) is 35.0 Å². The number of aromatic nitrogens is 2. The van der Waals surface area contributed by atoms with E-state index in [4.69, 9.17) is 26.1 Å². The molecular weight excluding hydrogens is 318 g/mol. The van der Waals surface area contributed by atoms with Crippen molar-refractivity contribution in [2.24, 2.45) is 7.05 Å². The van der Waals surface area contributed by atoms with Gasteiger partial charge in [0.2, 0.25) is 0 Å². The van der Waals surface area contributed by atoms with Crippen molar-refractivity contribution < 1.29 is 14.3 Å². The molecule has 0 atom stereocenters. The Balaban J connectivity index is 2.09. The van der Waals surface area contributed by atoms with Crippen LogP contribution in [0, 0.1) is 0 Å². The van der Waals surface area contributed by atoms with Gasteiger partial charge in [-0.15, -0.1) is 0 Å². The van der Waals surface area contributed by atoms with E-state index in [1.807, 2.05) is 19.2 Å². The number of imidazole rings is 1. The second-order valence-corrected chi connectivity index (χ2v) is 5.70. The number of hydrogen-bond donors (Lipinski definition) is 0. The first-order valence-corrected chi connectivity index (χ1v) is 7.73. The van der Waals surface area contributed by atoms with Crippen LogP contribution in [-0.4, -0.2) is 48.9 Å². The molecule has 0 bridgehead atoms. The number of hydrogen-bond acceptors (Lipinski definition) is 5. The number of ether oxygens (including phenoxy) is 2. The van der Waals surface area contributed by atoms with E-state index >= 15 is 0 Å². The molecule has 0 unspecified atom stereocenters. The third kappa shape index (κ3) is 3.04. The molecule has 1 saturated heterocycles. The standard InChI is InChI=1S/C16H18ClN3O3/c1-19-13(16(21)22-2)15(20-7-9-23-10-8-20)18-14(19)11-3-5-12(17)6-4-11/h3-6H,7-10H2,1-2H3. The van der Waals surface area contributed by atoms with E-state index in [0.717, 1.165) is 5.56 Å². The fraction of sp³-hybridized carbons (Fsp3) is 0.375. The molecule has 2 heterocycles. The molecule has 0 spiro atoms. The second-order valence-electron chi connectivity index (χ2n) is 5.26. The Morgan fingerprint density at radius 2 is 1.91 bits per heavy atom. The maximum Gasteiger partial charge on any atom is 0.358 e. The average molecular weight is 336 g/mol. The van der Waals surface area contributed by atoms with Crippen LogP contribution in [0.5, 0.6) is 0 Å². The molecule has 3 rings (SSSR count). The summed E-state index contributed by atoms with van der Waals surface area (Å²) in [4.78, 5) is 19.0. The van der Waals surface area contributed by atoms with Gasteiger partial charge in [-0.05, 0) is 24.3 Å². The van der Waals surface area contributed by atoms with Crippen molar-refractivity contribution in [3.63, 3.8) is 0 Å². The molecule has 0 saturated carbocycles. The van der Waals surface area contributed by atoms with Crippen LogP contribution in [0.25, 0.3) is 11.4 Å². The Hall–Kier alpha value is -2.05. The van der Waals surface area contributed by atoms with Crippen LogP contribution in [-0.2, 0) is 16.5 Å². The van der Waals surface area contributed by atoms with Crippen molar-refractivity contribution in [1.82, 2.24) is 9.55 Å². The number of carbonyl (C=O) groups is 1. The molecule has 1 fully saturated rings. The van der Waals surface area contributed by atoms with Crippen LogP contribution in [0.15, 0.2) is 24.3 Å². The van der Waals surface area contributed by atoms with Crippen molar-refractivity contribution in [2.45, 2.75) is 0 Å². The van der Waals surface area contributed by atoms with Gasteiger partial charge >= 0.3 is 5.97 Å². The van der Waals surface area contributed by atoms with Gasteiger partial charge in [-0.3, -0.25) is 0 Å². The summed E-state index contributed by atoms with van der Waals surface area (Å²) in [7, 11) is 3.19. The van der Waals surface area contributed by atoms with Gasteiger partial charge in [-0.1, -0.05) is 11.6 Å². The van der Waals surface area contributed by atoms with E-state index in [1.54, 1.807) is 16.7 Å². The summed E-state index contributed by atoms with van der Waals surface area (Å²) in [6.45, 7) is 2.63. The van der Waals surface area contributed by atoms with Crippen LogP contribution in [0.1, 0.15) is 10.5 Å². The third-order valence-corrected chi connectivity index (χ3v) is 4.12. The van der Waals surface area contributed by atoms with Crippen LogP contribution in [0.2, 0.25) is 5.02 Å². The lowest BCUT2D eigenvalue weighted by Crippen LogP contribution is -2.37. The Labute approximate surface area is 139 Å². The summed E-state index contributed by atoms with van der Waals surface area (Å²) in [6.07, 6.45) is 0. The van der Waals surface area contributed by atoms with Crippen LogP contribution >= 0.6 is 11.6 Å². The molecule has 1 aromatic carbocycles. The highest BCUT2D eigenvalue weighted by Gasteiger charge is 2.27. The van der Waals surface area contributed by atoms with E-state index < -0.39 is 5.97 Å². The Bertz CT molecular complexity index is 706. The second kappa shape index (κ2) is 6.60. The van der Waals surface area contributed by atoms with Crippen LogP contribution in [0.4, 0.5) is 5.82 Å². The summed E-state index contributed by atoms with van der Waals surface area (Å²) in [5, 5.41) is 0.657. The lowest BCUT2D eigenvalue weighted by Gasteiger charge is -2.27. The smallest absolute Gasteiger partial charge is 0.358 e. The molecule has 1 aliphatic rings. The summed E-state index contributed by atoms with van der Waals surface area (Å²) >= 11 is 5.95. The fourth-order valence-corrected chi connectivity index (χ4v) is 2.79. The molecule has 2 aromatic rings.